The van der Waals surface area contributed by atoms with E-state index in [1.807, 2.05) is 30.3 Å². The normalized spacial score (nSPS) is 17.3. The topological polar surface area (TPSA) is 56.5 Å². The van der Waals surface area contributed by atoms with Gasteiger partial charge in [-0.25, -0.2) is 0 Å². The molecule has 0 bridgehead atoms. The van der Waals surface area contributed by atoms with Crippen LogP contribution in [0.2, 0.25) is 5.04 Å². The van der Waals surface area contributed by atoms with Gasteiger partial charge in [0, 0.05) is 17.0 Å². The Morgan fingerprint density at radius 2 is 1.46 bits per heavy atom. The van der Waals surface area contributed by atoms with Crippen LogP contribution in [-0.2, 0) is 0 Å². The van der Waals surface area contributed by atoms with Gasteiger partial charge in [-0.3, -0.25) is 9.59 Å². The zero-order chi connectivity index (χ0) is 28.8. The van der Waals surface area contributed by atoms with Crippen LogP contribution in [0, 0.1) is 5.41 Å². The molecule has 0 radical (unpaired) electrons. The molecule has 41 heavy (non-hydrogen) atoms. The van der Waals surface area contributed by atoms with E-state index in [1.54, 1.807) is 0 Å². The van der Waals surface area contributed by atoms with Gasteiger partial charge in [-0.05, 0) is 58.3 Å². The number of carbonyl (C=O) groups is 2. The molecule has 2 aliphatic carbocycles. The predicted molar refractivity (Wildman–Crippen MR) is 167 cm³/mol. The molecule has 1 saturated carbocycles. The minimum Gasteiger partial charge on any atom is -0.534 e. The lowest BCUT2D eigenvalue weighted by Gasteiger charge is -2.42. The number of allylic oxidation sites excluding steroid dienone is 2. The number of fused-ring (bicyclic) bond motifs is 3. The summed E-state index contributed by atoms with van der Waals surface area (Å²) in [5.74, 6) is 0.510. The Morgan fingerprint density at radius 3 is 2.05 bits per heavy atom. The molecular formula is C36H38O4Si. The summed E-state index contributed by atoms with van der Waals surface area (Å²) in [6.07, 6.45) is 7.95. The summed E-state index contributed by atoms with van der Waals surface area (Å²) in [6, 6.07) is 26.6. The lowest BCUT2D eigenvalue weighted by atomic mass is 9.70. The highest BCUT2D eigenvalue weighted by atomic mass is 28.4. The molecule has 0 atom stereocenters. The fourth-order valence-electron chi connectivity index (χ4n) is 6.99. The Bertz CT molecular complexity index is 1590. The van der Waals surface area contributed by atoms with E-state index in [1.165, 1.54) is 35.7 Å². The molecule has 0 aliphatic heterocycles. The van der Waals surface area contributed by atoms with Crippen LogP contribution in [0.15, 0.2) is 94.9 Å². The molecule has 2 aliphatic rings. The summed E-state index contributed by atoms with van der Waals surface area (Å²) in [7, 11) is -2.85. The number of hydrogen-bond acceptors (Lipinski definition) is 4. The van der Waals surface area contributed by atoms with Gasteiger partial charge in [-0.1, -0.05) is 108 Å². The third-order valence-electron chi connectivity index (χ3n) is 9.07. The molecule has 0 saturated heterocycles. The molecule has 6 rings (SSSR count). The standard InChI is InChI=1S/C36H38O4Si/c1-35(2,3)41(27-14-8-5-9-15-27,28-16-10-6-11-17-28)40-26-18-19-29-31(23-26)39-34-30(37)22-25(33(38)32(29)34)24-36(4)20-12-7-13-21-36/h5-6,8-11,14-19,22-23H,7,12-13,20-21,24H2,1-4H3. The average Bonchev–Trinajstić information content (AvgIpc) is 3.35. The van der Waals surface area contributed by atoms with Crippen molar-refractivity contribution in [3.63, 3.8) is 0 Å². The second kappa shape index (κ2) is 10.3. The monoisotopic (exact) mass is 562 g/mol. The fourth-order valence-corrected chi connectivity index (χ4v) is 11.4. The Hall–Kier alpha value is -3.70. The van der Waals surface area contributed by atoms with E-state index < -0.39 is 8.32 Å². The molecule has 5 heteroatoms. The average molecular weight is 563 g/mol. The largest absolute Gasteiger partial charge is 0.534 e. The van der Waals surface area contributed by atoms with E-state index in [-0.39, 0.29) is 27.8 Å². The van der Waals surface area contributed by atoms with Crippen molar-refractivity contribution in [1.82, 2.24) is 0 Å². The first-order valence-electron chi connectivity index (χ1n) is 14.8. The van der Waals surface area contributed by atoms with Crippen LogP contribution in [0.4, 0.5) is 0 Å². The van der Waals surface area contributed by atoms with Gasteiger partial charge in [0.05, 0.1) is 5.56 Å². The maximum atomic E-state index is 13.8. The molecule has 1 fully saturated rings. The van der Waals surface area contributed by atoms with Crippen LogP contribution in [-0.4, -0.2) is 19.9 Å². The van der Waals surface area contributed by atoms with Gasteiger partial charge in [-0.15, -0.1) is 0 Å². The summed E-state index contributed by atoms with van der Waals surface area (Å²) in [6.45, 7) is 8.96. The van der Waals surface area contributed by atoms with Crippen LogP contribution < -0.4 is 14.8 Å². The van der Waals surface area contributed by atoms with E-state index >= 15 is 0 Å². The smallest absolute Gasteiger partial charge is 0.319 e. The van der Waals surface area contributed by atoms with E-state index in [0.29, 0.717) is 34.3 Å². The van der Waals surface area contributed by atoms with Crippen molar-refractivity contribution in [3.8, 4) is 5.75 Å². The number of ketones is 2. The zero-order valence-corrected chi connectivity index (χ0v) is 25.5. The fraction of sp³-hybridized carbons (Fsp3) is 0.333. The molecule has 0 amide bonds. The second-order valence-electron chi connectivity index (χ2n) is 13.1. The van der Waals surface area contributed by atoms with E-state index in [0.717, 1.165) is 12.8 Å². The third-order valence-corrected chi connectivity index (χ3v) is 14.0. The summed E-state index contributed by atoms with van der Waals surface area (Å²) in [4.78, 5) is 27.0. The number of rotatable bonds is 6. The first kappa shape index (κ1) is 27.5. The molecule has 4 aromatic rings. The van der Waals surface area contributed by atoms with Crippen molar-refractivity contribution in [2.24, 2.45) is 5.41 Å². The van der Waals surface area contributed by atoms with Gasteiger partial charge < -0.3 is 8.84 Å². The summed E-state index contributed by atoms with van der Waals surface area (Å²) in [5, 5.41) is 2.82. The minimum absolute atomic E-state index is 0.0634. The summed E-state index contributed by atoms with van der Waals surface area (Å²) in [5.41, 5.74) is 1.58. The lowest BCUT2D eigenvalue weighted by molar-refractivity contribution is 0.0955. The Labute approximate surface area is 243 Å². The zero-order valence-electron chi connectivity index (χ0n) is 24.5. The first-order valence-corrected chi connectivity index (χ1v) is 16.7. The lowest BCUT2D eigenvalue weighted by Crippen LogP contribution is -2.68. The van der Waals surface area contributed by atoms with Crippen molar-refractivity contribution in [2.75, 3.05) is 0 Å². The molecule has 0 unspecified atom stereocenters. The maximum absolute atomic E-state index is 13.8. The minimum atomic E-state index is -2.85. The number of benzene rings is 3. The molecule has 0 spiro atoms. The van der Waals surface area contributed by atoms with Crippen LogP contribution in [0.3, 0.4) is 0 Å². The predicted octanol–water partition coefficient (Wildman–Crippen LogP) is 8.04. The molecule has 3 aromatic carbocycles. The summed E-state index contributed by atoms with van der Waals surface area (Å²) >= 11 is 0. The Kier molecular flexibility index (Phi) is 6.89. The van der Waals surface area contributed by atoms with Crippen molar-refractivity contribution in [1.29, 1.82) is 0 Å². The highest BCUT2D eigenvalue weighted by Gasteiger charge is 2.52. The Balaban J connectivity index is 1.41. The van der Waals surface area contributed by atoms with Crippen LogP contribution in [0.25, 0.3) is 11.0 Å². The second-order valence-corrected chi connectivity index (χ2v) is 17.4. The summed E-state index contributed by atoms with van der Waals surface area (Å²) < 4.78 is 13.3. The molecular weight excluding hydrogens is 524 g/mol. The molecule has 1 heterocycles. The van der Waals surface area contributed by atoms with Gasteiger partial charge in [0.15, 0.2) is 11.5 Å². The van der Waals surface area contributed by atoms with Gasteiger partial charge >= 0.3 is 8.32 Å². The number of Topliss-reactive ketones (excluding diaryl/α,β-unsaturated/α-hetero) is 1. The number of carbonyl (C=O) groups excluding carboxylic acids is 2. The van der Waals surface area contributed by atoms with E-state index in [4.69, 9.17) is 8.84 Å². The van der Waals surface area contributed by atoms with Crippen molar-refractivity contribution in [3.05, 3.63) is 102 Å². The van der Waals surface area contributed by atoms with Crippen molar-refractivity contribution < 1.29 is 18.4 Å². The van der Waals surface area contributed by atoms with Crippen LogP contribution in [0.1, 0.15) is 87.1 Å². The van der Waals surface area contributed by atoms with E-state index in [2.05, 4.69) is 76.2 Å². The Morgan fingerprint density at radius 1 is 0.854 bits per heavy atom. The SMILES string of the molecule is CC1(CC2=CC(=O)c3oc4cc(O[Si](c5ccccc5)(c5ccccc5)C(C)(C)C)ccc4c3C2=O)CCCCC1. The quantitative estimate of drug-likeness (QED) is 0.223. The van der Waals surface area contributed by atoms with Crippen molar-refractivity contribution in [2.45, 2.75) is 71.3 Å². The number of furan rings is 1. The highest BCUT2D eigenvalue weighted by molar-refractivity contribution is 7.00. The molecule has 1 aromatic heterocycles. The molecule has 210 valence electrons. The highest BCUT2D eigenvalue weighted by Crippen LogP contribution is 2.44. The first-order chi connectivity index (χ1) is 19.6. The number of hydrogen-bond donors (Lipinski definition) is 0. The van der Waals surface area contributed by atoms with Crippen LogP contribution in [0.5, 0.6) is 5.75 Å². The van der Waals surface area contributed by atoms with Gasteiger partial charge in [0.2, 0.25) is 5.78 Å². The third kappa shape index (κ3) is 4.80. The van der Waals surface area contributed by atoms with Gasteiger partial charge in [-0.2, -0.15) is 0 Å². The van der Waals surface area contributed by atoms with E-state index in [9.17, 15) is 9.59 Å². The van der Waals surface area contributed by atoms with Crippen molar-refractivity contribution >= 4 is 41.2 Å². The van der Waals surface area contributed by atoms with Gasteiger partial charge in [0.1, 0.15) is 11.3 Å². The molecule has 4 nitrogen and oxygen atoms in total. The van der Waals surface area contributed by atoms with Gasteiger partial charge in [0.25, 0.3) is 0 Å². The van der Waals surface area contributed by atoms with Crippen LogP contribution >= 0.6 is 0 Å². The molecule has 0 N–H and O–H groups in total. The maximum Gasteiger partial charge on any atom is 0.319 e.